The van der Waals surface area contributed by atoms with Gasteiger partial charge in [0.05, 0.1) is 11.2 Å². The highest BCUT2D eigenvalue weighted by atomic mass is 15.0. The van der Waals surface area contributed by atoms with Crippen molar-refractivity contribution < 1.29 is 0 Å². The topological polar surface area (TPSA) is 17.3 Å². The summed E-state index contributed by atoms with van der Waals surface area (Å²) in [5.41, 5.74) is 7.88. The number of hydrogen-bond acceptors (Lipinski definition) is 1. The second-order valence-electron chi connectivity index (χ2n) is 6.11. The Bertz CT molecular complexity index is 1050. The summed E-state index contributed by atoms with van der Waals surface area (Å²) < 4.78 is 2.42. The van der Waals surface area contributed by atoms with Crippen molar-refractivity contribution in [3.8, 4) is 0 Å². The number of aromatic nitrogens is 2. The molecular formula is C19H16N2. The Morgan fingerprint density at radius 3 is 2.62 bits per heavy atom. The van der Waals surface area contributed by atoms with Crippen LogP contribution < -0.4 is 0 Å². The van der Waals surface area contributed by atoms with Gasteiger partial charge in [-0.2, -0.15) is 0 Å². The molecule has 2 aromatic heterocycles. The summed E-state index contributed by atoms with van der Waals surface area (Å²) in [6.45, 7) is 4.36. The molecule has 1 aliphatic heterocycles. The van der Waals surface area contributed by atoms with Crippen molar-refractivity contribution in [1.29, 1.82) is 0 Å². The standard InChI is InChI=1S/C19H16N2/c1-11-7-8-13-9-10-16-12(2)20-19-15-6-4-3-5-14(15)17(11)18(13)21(16)19/h3-8H,9-10H2,1-2H3. The number of nitrogens with zero attached hydrogens (tertiary/aromatic N) is 2. The van der Waals surface area contributed by atoms with E-state index in [1.165, 1.54) is 44.2 Å². The van der Waals surface area contributed by atoms with Gasteiger partial charge < -0.3 is 0 Å². The zero-order valence-electron chi connectivity index (χ0n) is 12.3. The van der Waals surface area contributed by atoms with Crippen molar-refractivity contribution in [2.75, 3.05) is 0 Å². The van der Waals surface area contributed by atoms with Crippen molar-refractivity contribution in [2.45, 2.75) is 26.7 Å². The molecule has 1 aliphatic rings. The molecule has 3 heterocycles. The highest BCUT2D eigenvalue weighted by Gasteiger charge is 2.22. The first-order valence-corrected chi connectivity index (χ1v) is 7.56. The Balaban J connectivity index is 2.27. The van der Waals surface area contributed by atoms with Gasteiger partial charge in [-0.25, -0.2) is 4.98 Å². The van der Waals surface area contributed by atoms with E-state index in [0.29, 0.717) is 0 Å². The molecule has 2 heteroatoms. The van der Waals surface area contributed by atoms with Gasteiger partial charge in [0, 0.05) is 16.5 Å². The molecule has 0 aliphatic carbocycles. The summed E-state index contributed by atoms with van der Waals surface area (Å²) in [5, 5.41) is 3.99. The van der Waals surface area contributed by atoms with E-state index >= 15 is 0 Å². The Morgan fingerprint density at radius 1 is 0.952 bits per heavy atom. The van der Waals surface area contributed by atoms with Gasteiger partial charge in [0.2, 0.25) is 0 Å². The quantitative estimate of drug-likeness (QED) is 0.435. The largest absolute Gasteiger partial charge is 0.296 e. The van der Waals surface area contributed by atoms with E-state index in [9.17, 15) is 0 Å². The maximum Gasteiger partial charge on any atom is 0.145 e. The second kappa shape index (κ2) is 3.64. The summed E-state index contributed by atoms with van der Waals surface area (Å²) in [5.74, 6) is 0. The lowest BCUT2D eigenvalue weighted by atomic mass is 9.94. The van der Waals surface area contributed by atoms with Crippen molar-refractivity contribution >= 4 is 27.3 Å². The maximum absolute atomic E-state index is 4.89. The monoisotopic (exact) mass is 272 g/mol. The minimum Gasteiger partial charge on any atom is -0.296 e. The second-order valence-corrected chi connectivity index (χ2v) is 6.11. The zero-order valence-corrected chi connectivity index (χ0v) is 12.3. The summed E-state index contributed by atoms with van der Waals surface area (Å²) in [7, 11) is 0. The number of imidazole rings is 1. The van der Waals surface area contributed by atoms with Gasteiger partial charge in [-0.05, 0) is 43.2 Å². The Hall–Kier alpha value is -2.35. The Labute approximate surface area is 123 Å². The normalized spacial score (nSPS) is 13.8. The summed E-state index contributed by atoms with van der Waals surface area (Å²) >= 11 is 0. The van der Waals surface area contributed by atoms with Gasteiger partial charge in [0.1, 0.15) is 5.65 Å². The average molecular weight is 272 g/mol. The third-order valence-corrected chi connectivity index (χ3v) is 4.93. The van der Waals surface area contributed by atoms with Crippen LogP contribution in [-0.2, 0) is 12.8 Å². The lowest BCUT2D eigenvalue weighted by Crippen LogP contribution is -2.08. The van der Waals surface area contributed by atoms with E-state index in [1.807, 2.05) is 0 Å². The molecule has 0 unspecified atom stereocenters. The van der Waals surface area contributed by atoms with Gasteiger partial charge in [0.15, 0.2) is 0 Å². The molecule has 0 radical (unpaired) electrons. The molecule has 0 spiro atoms. The van der Waals surface area contributed by atoms with E-state index in [1.54, 1.807) is 0 Å². The fourth-order valence-electron chi connectivity index (χ4n) is 3.96. The molecule has 102 valence electrons. The molecule has 4 aromatic rings. The van der Waals surface area contributed by atoms with Crippen LogP contribution >= 0.6 is 0 Å². The van der Waals surface area contributed by atoms with Crippen LogP contribution in [0.15, 0.2) is 36.4 Å². The van der Waals surface area contributed by atoms with Gasteiger partial charge >= 0.3 is 0 Å². The summed E-state index contributed by atoms with van der Waals surface area (Å²) in [6, 6.07) is 13.2. The molecule has 0 N–H and O–H groups in total. The average Bonchev–Trinajstić information content (AvgIpc) is 2.85. The van der Waals surface area contributed by atoms with E-state index in [-0.39, 0.29) is 0 Å². The molecule has 0 saturated carbocycles. The molecule has 21 heavy (non-hydrogen) atoms. The highest BCUT2D eigenvalue weighted by molar-refractivity contribution is 6.14. The van der Waals surface area contributed by atoms with Gasteiger partial charge in [0.25, 0.3) is 0 Å². The first-order chi connectivity index (χ1) is 10.3. The van der Waals surface area contributed by atoms with Crippen LogP contribution in [0.2, 0.25) is 0 Å². The third-order valence-electron chi connectivity index (χ3n) is 4.93. The van der Waals surface area contributed by atoms with E-state index in [2.05, 4.69) is 54.6 Å². The molecule has 0 atom stereocenters. The predicted molar refractivity (Wildman–Crippen MR) is 87.1 cm³/mol. The molecule has 2 nitrogen and oxygen atoms in total. The Kier molecular flexibility index (Phi) is 1.96. The third kappa shape index (κ3) is 1.26. The molecule has 0 amide bonds. The molecule has 0 fully saturated rings. The number of rotatable bonds is 0. The lowest BCUT2D eigenvalue weighted by molar-refractivity contribution is 0.866. The number of benzene rings is 2. The number of hydrogen-bond donors (Lipinski definition) is 0. The minimum absolute atomic E-state index is 1.09. The number of pyridine rings is 1. The van der Waals surface area contributed by atoms with Crippen LogP contribution in [0.5, 0.6) is 0 Å². The van der Waals surface area contributed by atoms with Crippen molar-refractivity contribution in [3.05, 3.63) is 58.9 Å². The van der Waals surface area contributed by atoms with Crippen molar-refractivity contribution in [3.63, 3.8) is 0 Å². The number of aryl methyl sites for hydroxylation is 4. The molecular weight excluding hydrogens is 256 g/mol. The summed E-state index contributed by atoms with van der Waals surface area (Å²) in [6.07, 6.45) is 2.22. The minimum atomic E-state index is 1.09. The van der Waals surface area contributed by atoms with E-state index in [0.717, 1.165) is 18.5 Å². The van der Waals surface area contributed by atoms with Crippen LogP contribution in [0, 0.1) is 13.8 Å². The first-order valence-electron chi connectivity index (χ1n) is 7.56. The molecule has 0 bridgehead atoms. The molecule has 5 rings (SSSR count). The van der Waals surface area contributed by atoms with Crippen LogP contribution in [-0.4, -0.2) is 9.38 Å². The summed E-state index contributed by atoms with van der Waals surface area (Å²) in [4.78, 5) is 4.89. The SMILES string of the molecule is Cc1nc2c3ccccc3c3c(C)ccc4c3n2c1CC4. The van der Waals surface area contributed by atoms with Crippen LogP contribution in [0.3, 0.4) is 0 Å². The van der Waals surface area contributed by atoms with Gasteiger partial charge in [-0.3, -0.25) is 4.40 Å². The molecule has 2 aromatic carbocycles. The smallest absolute Gasteiger partial charge is 0.145 e. The first kappa shape index (κ1) is 11.3. The zero-order chi connectivity index (χ0) is 14.1. The maximum atomic E-state index is 4.89. The van der Waals surface area contributed by atoms with Crippen LogP contribution in [0.4, 0.5) is 0 Å². The van der Waals surface area contributed by atoms with Crippen LogP contribution in [0.1, 0.15) is 22.5 Å². The lowest BCUT2D eigenvalue weighted by Gasteiger charge is -2.19. The van der Waals surface area contributed by atoms with Crippen molar-refractivity contribution in [1.82, 2.24) is 9.38 Å². The fourth-order valence-corrected chi connectivity index (χ4v) is 3.96. The Morgan fingerprint density at radius 2 is 1.76 bits per heavy atom. The predicted octanol–water partition coefficient (Wildman–Crippen LogP) is 4.36. The van der Waals surface area contributed by atoms with E-state index in [4.69, 9.17) is 4.98 Å². The number of fused-ring (bicyclic) bond motifs is 3. The molecule has 0 saturated heterocycles. The fraction of sp³-hybridized carbons (Fsp3) is 0.211. The highest BCUT2D eigenvalue weighted by Crippen LogP contribution is 2.37. The van der Waals surface area contributed by atoms with E-state index < -0.39 is 0 Å². The van der Waals surface area contributed by atoms with Crippen molar-refractivity contribution in [2.24, 2.45) is 0 Å². The van der Waals surface area contributed by atoms with Gasteiger partial charge in [-0.1, -0.05) is 36.4 Å². The van der Waals surface area contributed by atoms with Crippen LogP contribution in [0.25, 0.3) is 27.3 Å². The van der Waals surface area contributed by atoms with Gasteiger partial charge in [-0.15, -0.1) is 0 Å².